The molecule has 1 N–H and O–H groups in total. The summed E-state index contributed by atoms with van der Waals surface area (Å²) in [5.74, 6) is 0.723. The summed E-state index contributed by atoms with van der Waals surface area (Å²) in [6.07, 6.45) is 5.84. The summed E-state index contributed by atoms with van der Waals surface area (Å²) in [5, 5.41) is 11.7. The maximum atomic E-state index is 12.6. The number of rotatable bonds is 7. The minimum absolute atomic E-state index is 0.100. The Balaban J connectivity index is 1.59. The fourth-order valence-electron chi connectivity index (χ4n) is 5.00. The summed E-state index contributed by atoms with van der Waals surface area (Å²) in [7, 11) is -3.11. The topological polar surface area (TPSA) is 63.6 Å². The van der Waals surface area contributed by atoms with Crippen LogP contribution in [0.5, 0.6) is 5.75 Å². The Morgan fingerprint density at radius 3 is 2.61 bits per heavy atom. The van der Waals surface area contributed by atoms with E-state index in [0.717, 1.165) is 53.2 Å². The number of hydrogen-bond donors (Lipinski definition) is 1. The van der Waals surface area contributed by atoms with E-state index in [-0.39, 0.29) is 17.8 Å². The first-order chi connectivity index (χ1) is 14.8. The zero-order valence-electron chi connectivity index (χ0n) is 18.6. The lowest BCUT2D eigenvalue weighted by Crippen LogP contribution is -2.19. The third-order valence-electron chi connectivity index (χ3n) is 6.59. The Morgan fingerprint density at radius 1 is 1.16 bits per heavy atom. The van der Waals surface area contributed by atoms with Crippen molar-refractivity contribution in [2.45, 2.75) is 57.8 Å². The molecular formula is C26H32O4S. The number of benzene rings is 2. The third-order valence-corrected chi connectivity index (χ3v) is 8.56. The monoisotopic (exact) mass is 440 g/mol. The fourth-order valence-corrected chi connectivity index (χ4v) is 7.11. The van der Waals surface area contributed by atoms with Gasteiger partial charge in [-0.3, -0.25) is 0 Å². The van der Waals surface area contributed by atoms with Gasteiger partial charge in [-0.1, -0.05) is 69.2 Å². The van der Waals surface area contributed by atoms with Crippen LogP contribution in [0.15, 0.2) is 53.1 Å². The number of phenolic OH excluding ortho intramolecular Hbond substituents is 1. The van der Waals surface area contributed by atoms with Crippen LogP contribution in [0.3, 0.4) is 0 Å². The molecule has 2 aromatic carbocycles. The lowest BCUT2D eigenvalue weighted by atomic mass is 9.91. The van der Waals surface area contributed by atoms with Crippen molar-refractivity contribution in [3.8, 4) is 5.75 Å². The highest BCUT2D eigenvalue weighted by atomic mass is 32.2. The smallest absolute Gasteiger partial charge is 0.163 e. The Morgan fingerprint density at radius 2 is 1.90 bits per heavy atom. The van der Waals surface area contributed by atoms with Crippen LogP contribution in [0.2, 0.25) is 0 Å². The van der Waals surface area contributed by atoms with Gasteiger partial charge in [-0.15, -0.1) is 0 Å². The van der Waals surface area contributed by atoms with Crippen LogP contribution < -0.4 is 0 Å². The number of sulfone groups is 1. The van der Waals surface area contributed by atoms with E-state index in [4.69, 9.17) is 4.74 Å². The van der Waals surface area contributed by atoms with Gasteiger partial charge in [0, 0.05) is 5.39 Å². The van der Waals surface area contributed by atoms with E-state index in [0.29, 0.717) is 12.4 Å². The molecule has 5 heteroatoms. The number of ether oxygens (including phenoxy) is 1. The molecule has 0 aliphatic carbocycles. The average molecular weight is 441 g/mol. The number of hydrogen-bond acceptors (Lipinski definition) is 4. The van der Waals surface area contributed by atoms with Crippen LogP contribution in [0.4, 0.5) is 0 Å². The van der Waals surface area contributed by atoms with Crippen LogP contribution in [-0.2, 0) is 14.6 Å². The molecule has 2 atom stereocenters. The van der Waals surface area contributed by atoms with Crippen LogP contribution in [0, 0.1) is 5.92 Å². The Hall–Kier alpha value is -2.11. The van der Waals surface area contributed by atoms with Gasteiger partial charge in [0.05, 0.1) is 18.5 Å². The molecule has 0 radical (unpaired) electrons. The van der Waals surface area contributed by atoms with Crippen molar-refractivity contribution >= 4 is 26.7 Å². The van der Waals surface area contributed by atoms with E-state index in [1.807, 2.05) is 30.3 Å². The van der Waals surface area contributed by atoms with E-state index < -0.39 is 15.1 Å². The van der Waals surface area contributed by atoms with Crippen LogP contribution >= 0.6 is 0 Å². The Bertz CT molecular complexity index is 1140. The summed E-state index contributed by atoms with van der Waals surface area (Å²) in [4.78, 5) is 0. The fraction of sp³-hybridized carbons (Fsp3) is 0.462. The van der Waals surface area contributed by atoms with Crippen molar-refractivity contribution in [2.24, 2.45) is 5.92 Å². The second-order valence-corrected chi connectivity index (χ2v) is 11.2. The van der Waals surface area contributed by atoms with E-state index in [9.17, 15) is 13.5 Å². The van der Waals surface area contributed by atoms with Gasteiger partial charge in [0.25, 0.3) is 0 Å². The van der Waals surface area contributed by atoms with Gasteiger partial charge in [0.1, 0.15) is 11.0 Å². The third kappa shape index (κ3) is 4.31. The molecule has 0 spiro atoms. The van der Waals surface area contributed by atoms with Gasteiger partial charge in [-0.25, -0.2) is 8.42 Å². The first-order valence-corrected chi connectivity index (χ1v) is 13.0. The number of phenols is 1. The van der Waals surface area contributed by atoms with Gasteiger partial charge in [-0.2, -0.15) is 0 Å². The number of fused-ring (bicyclic) bond motifs is 2. The summed E-state index contributed by atoms with van der Waals surface area (Å²) in [5.41, 5.74) is 4.55. The van der Waals surface area contributed by atoms with E-state index in [1.54, 1.807) is 6.07 Å². The summed E-state index contributed by atoms with van der Waals surface area (Å²) in [6, 6.07) is 11.6. The molecule has 31 heavy (non-hydrogen) atoms. The van der Waals surface area contributed by atoms with Crippen molar-refractivity contribution in [1.82, 2.24) is 0 Å². The SMILES string of the molecule is CCC/C(=C\c1ccc(O)c2ccccc12)CC[C@H]1OC[C@H]2C1=C(C(C)C)CS2(=O)=O. The predicted octanol–water partition coefficient (Wildman–Crippen LogP) is 5.66. The second kappa shape index (κ2) is 8.79. The molecule has 0 aromatic heterocycles. The average Bonchev–Trinajstić information content (AvgIpc) is 3.28. The number of aromatic hydroxyl groups is 1. The molecule has 2 aromatic rings. The van der Waals surface area contributed by atoms with E-state index >= 15 is 0 Å². The van der Waals surface area contributed by atoms with Crippen molar-refractivity contribution < 1.29 is 18.3 Å². The molecule has 0 amide bonds. The normalized spacial score (nSPS) is 23.2. The predicted molar refractivity (Wildman–Crippen MR) is 127 cm³/mol. The molecule has 4 rings (SSSR count). The standard InChI is InChI=1S/C26H32O4S/c1-4-7-18(14-19-11-12-23(27)21-9-6-5-8-20(19)21)10-13-24-26-22(17(2)3)16-31(28,29)25(26)15-30-24/h5-6,8-9,11-12,14,17,24-25,27H,4,7,10,13,15-16H2,1-3H3/b18-14+/t24-,25+/m1/s1. The van der Waals surface area contributed by atoms with Gasteiger partial charge in [-0.05, 0) is 53.3 Å². The first-order valence-electron chi connectivity index (χ1n) is 11.3. The van der Waals surface area contributed by atoms with Gasteiger partial charge < -0.3 is 9.84 Å². The molecule has 1 saturated heterocycles. The Kier molecular flexibility index (Phi) is 6.27. The van der Waals surface area contributed by atoms with Crippen molar-refractivity contribution in [2.75, 3.05) is 12.4 Å². The largest absolute Gasteiger partial charge is 0.507 e. The quantitative estimate of drug-likeness (QED) is 0.565. The molecule has 2 heterocycles. The molecule has 4 nitrogen and oxygen atoms in total. The summed E-state index contributed by atoms with van der Waals surface area (Å²) in [6.45, 7) is 6.63. The van der Waals surface area contributed by atoms with Crippen LogP contribution in [0.1, 0.15) is 52.0 Å². The maximum absolute atomic E-state index is 12.6. The minimum Gasteiger partial charge on any atom is -0.507 e. The molecule has 2 aliphatic rings. The zero-order chi connectivity index (χ0) is 22.2. The molecule has 0 bridgehead atoms. The zero-order valence-corrected chi connectivity index (χ0v) is 19.4. The molecule has 2 aliphatic heterocycles. The molecule has 0 saturated carbocycles. The lowest BCUT2D eigenvalue weighted by Gasteiger charge is -2.17. The summed E-state index contributed by atoms with van der Waals surface area (Å²) < 4.78 is 31.2. The highest BCUT2D eigenvalue weighted by Crippen LogP contribution is 2.41. The Labute approximate surface area is 185 Å². The minimum atomic E-state index is -3.11. The molecule has 0 unspecified atom stereocenters. The van der Waals surface area contributed by atoms with Crippen LogP contribution in [-0.4, -0.2) is 37.2 Å². The highest BCUT2D eigenvalue weighted by molar-refractivity contribution is 7.92. The number of allylic oxidation sites excluding steroid dienone is 1. The van der Waals surface area contributed by atoms with Gasteiger partial charge in [0.2, 0.25) is 0 Å². The molecular weight excluding hydrogens is 408 g/mol. The van der Waals surface area contributed by atoms with Gasteiger partial charge in [0.15, 0.2) is 9.84 Å². The maximum Gasteiger partial charge on any atom is 0.163 e. The molecule has 166 valence electrons. The highest BCUT2D eigenvalue weighted by Gasteiger charge is 2.47. The second-order valence-electron chi connectivity index (χ2n) is 9.06. The van der Waals surface area contributed by atoms with E-state index in [1.165, 1.54) is 5.57 Å². The van der Waals surface area contributed by atoms with Crippen molar-refractivity contribution in [3.63, 3.8) is 0 Å². The van der Waals surface area contributed by atoms with Crippen molar-refractivity contribution in [3.05, 3.63) is 58.7 Å². The van der Waals surface area contributed by atoms with Gasteiger partial charge >= 0.3 is 0 Å². The van der Waals surface area contributed by atoms with Crippen LogP contribution in [0.25, 0.3) is 16.8 Å². The molecule has 1 fully saturated rings. The summed E-state index contributed by atoms with van der Waals surface area (Å²) >= 11 is 0. The van der Waals surface area contributed by atoms with Crippen molar-refractivity contribution in [1.29, 1.82) is 0 Å². The van der Waals surface area contributed by atoms with E-state index in [2.05, 4.69) is 26.8 Å². The lowest BCUT2D eigenvalue weighted by molar-refractivity contribution is 0.117. The first kappa shape index (κ1) is 22.1.